The highest BCUT2D eigenvalue weighted by molar-refractivity contribution is 5.77. The number of rotatable bonds is 4. The van der Waals surface area contributed by atoms with E-state index < -0.39 is 5.97 Å². The summed E-state index contributed by atoms with van der Waals surface area (Å²) >= 11 is 0. The van der Waals surface area contributed by atoms with Gasteiger partial charge in [0, 0.05) is 5.56 Å². The summed E-state index contributed by atoms with van der Waals surface area (Å²) < 4.78 is 12.9. The third-order valence-electron chi connectivity index (χ3n) is 2.87. The molecule has 0 radical (unpaired) electrons. The number of halogens is 1. The number of carboxylic acids is 1. The molecule has 0 bridgehead atoms. The average molecular weight is 363 g/mol. The Balaban J connectivity index is 0. The largest absolute Gasteiger partial charge is 0.480 e. The lowest BCUT2D eigenvalue weighted by atomic mass is 10.00. The second kappa shape index (κ2) is 16.0. The van der Waals surface area contributed by atoms with Gasteiger partial charge in [0.05, 0.1) is 6.54 Å². The van der Waals surface area contributed by atoms with Crippen molar-refractivity contribution in [3.05, 3.63) is 59.4 Å². The van der Waals surface area contributed by atoms with Gasteiger partial charge < -0.3 is 10.4 Å². The molecule has 144 valence electrons. The quantitative estimate of drug-likeness (QED) is 0.754. The highest BCUT2D eigenvalue weighted by Gasteiger charge is 2.02. The van der Waals surface area contributed by atoms with Crippen LogP contribution in [-0.2, 0) is 4.79 Å². The Bertz CT molecular complexity index is 640. The van der Waals surface area contributed by atoms with Crippen LogP contribution in [0.4, 0.5) is 4.39 Å². The van der Waals surface area contributed by atoms with E-state index in [-0.39, 0.29) is 12.4 Å². The van der Waals surface area contributed by atoms with Crippen LogP contribution >= 0.6 is 0 Å². The van der Waals surface area contributed by atoms with Crippen molar-refractivity contribution in [2.75, 3.05) is 13.6 Å². The number of aryl methyl sites for hydroxylation is 1. The number of carbonyl (C=O) groups is 2. The first kappa shape index (κ1) is 25.7. The zero-order valence-corrected chi connectivity index (χ0v) is 16.5. The lowest BCUT2D eigenvalue weighted by molar-refractivity contribution is -0.135. The lowest BCUT2D eigenvalue weighted by Crippen LogP contribution is -2.16. The molecular formula is C21H30FNO3. The molecule has 0 aliphatic carbocycles. The van der Waals surface area contributed by atoms with E-state index in [1.54, 1.807) is 25.2 Å². The maximum absolute atomic E-state index is 12.9. The molecule has 0 aliphatic rings. The van der Waals surface area contributed by atoms with E-state index in [2.05, 4.69) is 5.32 Å². The van der Waals surface area contributed by atoms with Gasteiger partial charge in [0.2, 0.25) is 0 Å². The van der Waals surface area contributed by atoms with Crippen LogP contribution in [0.1, 0.15) is 43.6 Å². The first-order chi connectivity index (χ1) is 12.5. The maximum atomic E-state index is 12.9. The van der Waals surface area contributed by atoms with Crippen molar-refractivity contribution < 1.29 is 19.1 Å². The van der Waals surface area contributed by atoms with E-state index in [9.17, 15) is 14.0 Å². The van der Waals surface area contributed by atoms with Crippen LogP contribution in [0.5, 0.6) is 0 Å². The van der Waals surface area contributed by atoms with Crippen LogP contribution in [-0.4, -0.2) is 31.0 Å². The third kappa shape index (κ3) is 10.4. The van der Waals surface area contributed by atoms with Gasteiger partial charge in [-0.15, -0.1) is 0 Å². The van der Waals surface area contributed by atoms with Crippen molar-refractivity contribution in [2.45, 2.75) is 34.6 Å². The number of aliphatic carboxylic acids is 1. The Morgan fingerprint density at radius 3 is 1.96 bits per heavy atom. The summed E-state index contributed by atoms with van der Waals surface area (Å²) in [4.78, 5) is 20.1. The molecule has 0 aromatic heterocycles. The molecule has 0 unspecified atom stereocenters. The van der Waals surface area contributed by atoms with Gasteiger partial charge in [-0.25, -0.2) is 4.39 Å². The molecule has 26 heavy (non-hydrogen) atoms. The molecular weight excluding hydrogens is 333 g/mol. The van der Waals surface area contributed by atoms with Crippen LogP contribution in [0.15, 0.2) is 42.5 Å². The standard InChI is InChI=1S/C14H11FO.C3H7NO2.2C2H6/c1-10-8-13(15)6-7-14(10)12-4-2-11(9-16)3-5-12;1-4-2-3(5)6;2*1-2/h2-9H,1H3;4H,2H2,1H3,(H,5,6);2*1-2H3. The Hall–Kier alpha value is -2.53. The summed E-state index contributed by atoms with van der Waals surface area (Å²) in [6.45, 7) is 9.91. The van der Waals surface area contributed by atoms with Gasteiger partial charge in [0.1, 0.15) is 12.1 Å². The number of benzene rings is 2. The number of likely N-dealkylation sites (N-methyl/N-ethyl adjacent to an activating group) is 1. The SMILES string of the molecule is CC.CC.CNCC(=O)O.Cc1cc(F)ccc1-c1ccc(C=O)cc1. The van der Waals surface area contributed by atoms with Crippen LogP contribution in [0, 0.1) is 12.7 Å². The number of aldehydes is 1. The highest BCUT2D eigenvalue weighted by atomic mass is 19.1. The van der Waals surface area contributed by atoms with E-state index in [1.807, 2.05) is 46.8 Å². The second-order valence-electron chi connectivity index (χ2n) is 4.62. The predicted octanol–water partition coefficient (Wildman–Crippen LogP) is 4.96. The van der Waals surface area contributed by atoms with E-state index >= 15 is 0 Å². The summed E-state index contributed by atoms with van der Waals surface area (Å²) in [5, 5.41) is 10.3. The first-order valence-corrected chi connectivity index (χ1v) is 8.66. The second-order valence-corrected chi connectivity index (χ2v) is 4.62. The van der Waals surface area contributed by atoms with Crippen LogP contribution in [0.3, 0.4) is 0 Å². The third-order valence-corrected chi connectivity index (χ3v) is 2.87. The Kier molecular flexibility index (Phi) is 15.8. The Labute approximate surface area is 156 Å². The zero-order chi connectivity index (χ0) is 20.5. The molecule has 2 aromatic carbocycles. The molecule has 0 atom stereocenters. The summed E-state index contributed by atoms with van der Waals surface area (Å²) in [7, 11) is 1.59. The molecule has 0 fully saturated rings. The molecule has 0 saturated heterocycles. The van der Waals surface area contributed by atoms with Gasteiger partial charge >= 0.3 is 5.97 Å². The van der Waals surface area contributed by atoms with Crippen LogP contribution < -0.4 is 5.32 Å². The topological polar surface area (TPSA) is 66.4 Å². The summed E-state index contributed by atoms with van der Waals surface area (Å²) in [6.07, 6.45) is 0.807. The molecule has 2 N–H and O–H groups in total. The number of nitrogens with one attached hydrogen (secondary N) is 1. The monoisotopic (exact) mass is 363 g/mol. The van der Waals surface area contributed by atoms with Gasteiger partial charge in [0.15, 0.2) is 0 Å². The number of hydrogen-bond donors (Lipinski definition) is 2. The number of hydrogen-bond acceptors (Lipinski definition) is 3. The molecule has 2 aromatic rings. The van der Waals surface area contributed by atoms with E-state index in [1.165, 1.54) is 12.1 Å². The number of carboxylic acid groups (broad SMARTS) is 1. The maximum Gasteiger partial charge on any atom is 0.317 e. The fraction of sp³-hybridized carbons (Fsp3) is 0.333. The van der Waals surface area contributed by atoms with Gasteiger partial charge in [-0.2, -0.15) is 0 Å². The van der Waals surface area contributed by atoms with E-state index in [0.29, 0.717) is 5.56 Å². The molecule has 2 rings (SSSR count). The smallest absolute Gasteiger partial charge is 0.317 e. The van der Waals surface area contributed by atoms with E-state index in [0.717, 1.165) is 23.0 Å². The van der Waals surface area contributed by atoms with Crippen LogP contribution in [0.25, 0.3) is 11.1 Å². The molecule has 0 heterocycles. The zero-order valence-electron chi connectivity index (χ0n) is 16.5. The van der Waals surface area contributed by atoms with Crippen molar-refractivity contribution in [3.8, 4) is 11.1 Å². The Morgan fingerprint density at radius 1 is 1.08 bits per heavy atom. The Morgan fingerprint density at radius 2 is 1.62 bits per heavy atom. The van der Waals surface area contributed by atoms with Crippen molar-refractivity contribution in [1.82, 2.24) is 5.32 Å². The molecule has 0 aliphatic heterocycles. The minimum atomic E-state index is -0.822. The van der Waals surface area contributed by atoms with Gasteiger partial charge in [-0.05, 0) is 42.8 Å². The fourth-order valence-electron chi connectivity index (χ4n) is 1.84. The van der Waals surface area contributed by atoms with Crippen molar-refractivity contribution in [2.24, 2.45) is 0 Å². The number of carbonyl (C=O) groups excluding carboxylic acids is 1. The molecule has 0 amide bonds. The summed E-state index contributed by atoms with van der Waals surface area (Å²) in [5.74, 6) is -1.05. The van der Waals surface area contributed by atoms with Crippen LogP contribution in [0.2, 0.25) is 0 Å². The first-order valence-electron chi connectivity index (χ1n) is 8.66. The lowest BCUT2D eigenvalue weighted by Gasteiger charge is -2.06. The normalized spacial score (nSPS) is 8.58. The average Bonchev–Trinajstić information content (AvgIpc) is 2.66. The minimum absolute atomic E-state index is 0.0417. The van der Waals surface area contributed by atoms with Gasteiger partial charge in [-0.3, -0.25) is 9.59 Å². The fourth-order valence-corrected chi connectivity index (χ4v) is 1.84. The molecule has 0 spiro atoms. The summed E-state index contributed by atoms with van der Waals surface area (Å²) in [6, 6.07) is 11.9. The van der Waals surface area contributed by atoms with Gasteiger partial charge in [-0.1, -0.05) is 58.0 Å². The minimum Gasteiger partial charge on any atom is -0.480 e. The van der Waals surface area contributed by atoms with Crippen molar-refractivity contribution in [3.63, 3.8) is 0 Å². The van der Waals surface area contributed by atoms with E-state index in [4.69, 9.17) is 5.11 Å². The van der Waals surface area contributed by atoms with Crippen molar-refractivity contribution >= 4 is 12.3 Å². The van der Waals surface area contributed by atoms with Crippen molar-refractivity contribution in [1.29, 1.82) is 0 Å². The highest BCUT2D eigenvalue weighted by Crippen LogP contribution is 2.23. The summed E-state index contributed by atoms with van der Waals surface area (Å²) in [5.41, 5.74) is 3.50. The molecule has 0 saturated carbocycles. The van der Waals surface area contributed by atoms with Gasteiger partial charge in [0.25, 0.3) is 0 Å². The molecule has 5 heteroatoms. The molecule has 4 nitrogen and oxygen atoms in total. The predicted molar refractivity (Wildman–Crippen MR) is 106 cm³/mol.